The van der Waals surface area contributed by atoms with Crippen LogP contribution in [0.2, 0.25) is 0 Å². The number of aromatic amines is 1. The van der Waals surface area contributed by atoms with Gasteiger partial charge in [0.25, 0.3) is 0 Å². The Labute approximate surface area is 160 Å². The van der Waals surface area contributed by atoms with Crippen molar-refractivity contribution >= 4 is 22.9 Å². The fourth-order valence-electron chi connectivity index (χ4n) is 3.09. The van der Waals surface area contributed by atoms with Gasteiger partial charge in [0.1, 0.15) is 17.6 Å². The van der Waals surface area contributed by atoms with Crippen molar-refractivity contribution in [2.24, 2.45) is 0 Å². The number of hydrogen-bond donors (Lipinski definition) is 2. The second-order valence-electron chi connectivity index (χ2n) is 6.21. The van der Waals surface area contributed by atoms with Gasteiger partial charge >= 0.3 is 5.97 Å². The van der Waals surface area contributed by atoms with Crippen LogP contribution in [-0.2, 0) is 15.9 Å². The first-order valence-electron chi connectivity index (χ1n) is 8.68. The standard InChI is InChI=1S/C21H18N2O5/c1-26-20-15(21(24)25)8-10-17-19(20)16(22-23-17)9-7-14-12-27-18(28-14)11-13-5-3-2-4-6-13/h2-10,12,18H,11H2,1H3,(H,22,23)(H,24,25). The van der Waals surface area contributed by atoms with Crippen molar-refractivity contribution in [2.75, 3.05) is 7.11 Å². The van der Waals surface area contributed by atoms with E-state index in [0.29, 0.717) is 28.8 Å². The van der Waals surface area contributed by atoms with Crippen molar-refractivity contribution < 1.29 is 24.1 Å². The van der Waals surface area contributed by atoms with Crippen LogP contribution < -0.4 is 4.74 Å². The zero-order valence-corrected chi connectivity index (χ0v) is 15.1. The Morgan fingerprint density at radius 1 is 1.25 bits per heavy atom. The Hall–Kier alpha value is -3.74. The van der Waals surface area contributed by atoms with E-state index in [4.69, 9.17) is 14.2 Å². The van der Waals surface area contributed by atoms with Crippen LogP contribution in [0.1, 0.15) is 21.6 Å². The van der Waals surface area contributed by atoms with Gasteiger partial charge in [-0.15, -0.1) is 0 Å². The van der Waals surface area contributed by atoms with Gasteiger partial charge < -0.3 is 19.3 Å². The van der Waals surface area contributed by atoms with E-state index >= 15 is 0 Å². The average Bonchev–Trinajstić information content (AvgIpc) is 3.33. The van der Waals surface area contributed by atoms with Crippen LogP contribution in [0, 0.1) is 0 Å². The van der Waals surface area contributed by atoms with Crippen LogP contribution >= 0.6 is 0 Å². The molecule has 0 amide bonds. The number of carboxylic acid groups (broad SMARTS) is 1. The predicted molar refractivity (Wildman–Crippen MR) is 103 cm³/mol. The quantitative estimate of drug-likeness (QED) is 0.679. The summed E-state index contributed by atoms with van der Waals surface area (Å²) in [5.41, 5.74) is 2.43. The van der Waals surface area contributed by atoms with Gasteiger partial charge in [-0.1, -0.05) is 30.3 Å². The number of rotatable bonds is 6. The van der Waals surface area contributed by atoms with E-state index in [-0.39, 0.29) is 17.6 Å². The molecule has 2 heterocycles. The van der Waals surface area contributed by atoms with Crippen LogP contribution in [0.25, 0.3) is 17.0 Å². The molecule has 0 fully saturated rings. The van der Waals surface area contributed by atoms with Crippen molar-refractivity contribution in [1.82, 2.24) is 10.2 Å². The van der Waals surface area contributed by atoms with E-state index in [1.165, 1.54) is 13.2 Å². The maximum atomic E-state index is 11.4. The molecule has 0 aliphatic carbocycles. The maximum Gasteiger partial charge on any atom is 0.339 e. The van der Waals surface area contributed by atoms with E-state index in [9.17, 15) is 9.90 Å². The predicted octanol–water partition coefficient (Wildman–Crippen LogP) is 3.74. The summed E-state index contributed by atoms with van der Waals surface area (Å²) in [7, 11) is 1.44. The largest absolute Gasteiger partial charge is 0.495 e. The number of fused-ring (bicyclic) bond motifs is 1. The monoisotopic (exact) mass is 378 g/mol. The number of aromatic carboxylic acids is 1. The van der Waals surface area contributed by atoms with Crippen molar-refractivity contribution in [1.29, 1.82) is 0 Å². The van der Waals surface area contributed by atoms with Gasteiger partial charge in [-0.25, -0.2) is 4.79 Å². The first-order valence-corrected chi connectivity index (χ1v) is 8.68. The van der Waals surface area contributed by atoms with Crippen LogP contribution in [0.3, 0.4) is 0 Å². The lowest BCUT2D eigenvalue weighted by molar-refractivity contribution is -0.0268. The molecule has 7 nitrogen and oxygen atoms in total. The maximum absolute atomic E-state index is 11.4. The van der Waals surface area contributed by atoms with Crippen LogP contribution in [-0.4, -0.2) is 34.7 Å². The van der Waals surface area contributed by atoms with Crippen LogP contribution in [0.15, 0.2) is 60.6 Å². The minimum atomic E-state index is -1.06. The number of nitrogens with one attached hydrogen (secondary N) is 1. The first kappa shape index (κ1) is 17.7. The molecule has 4 rings (SSSR count). The van der Waals surface area contributed by atoms with Crippen molar-refractivity contribution in [3.63, 3.8) is 0 Å². The summed E-state index contributed by atoms with van der Waals surface area (Å²) in [6.07, 6.45) is 5.26. The highest BCUT2D eigenvalue weighted by Crippen LogP contribution is 2.32. The van der Waals surface area contributed by atoms with Crippen LogP contribution in [0.4, 0.5) is 0 Å². The van der Waals surface area contributed by atoms with Gasteiger partial charge in [-0.2, -0.15) is 5.10 Å². The topological polar surface area (TPSA) is 93.7 Å². The van der Waals surface area contributed by atoms with Crippen molar-refractivity contribution in [3.8, 4) is 5.75 Å². The highest BCUT2D eigenvalue weighted by molar-refractivity contribution is 6.02. The number of methoxy groups -OCH3 is 1. The number of hydrogen-bond acceptors (Lipinski definition) is 5. The molecule has 3 aromatic rings. The lowest BCUT2D eigenvalue weighted by Crippen LogP contribution is -2.11. The molecule has 0 spiro atoms. The Balaban J connectivity index is 1.53. The molecule has 0 saturated heterocycles. The van der Waals surface area contributed by atoms with Gasteiger partial charge in [0.15, 0.2) is 5.76 Å². The lowest BCUT2D eigenvalue weighted by Gasteiger charge is -2.10. The number of ether oxygens (including phenoxy) is 3. The smallest absolute Gasteiger partial charge is 0.339 e. The second kappa shape index (κ2) is 7.48. The van der Waals surface area contributed by atoms with Crippen molar-refractivity contribution in [3.05, 3.63) is 77.4 Å². The fraction of sp³-hybridized carbons (Fsp3) is 0.143. The number of H-pyrrole nitrogens is 1. The molecule has 142 valence electrons. The highest BCUT2D eigenvalue weighted by atomic mass is 16.7. The van der Waals surface area contributed by atoms with Crippen molar-refractivity contribution in [2.45, 2.75) is 12.7 Å². The fourth-order valence-corrected chi connectivity index (χ4v) is 3.09. The molecule has 0 radical (unpaired) electrons. The SMILES string of the molecule is COc1c(C(=O)O)ccc2[nH]nc(C=CC3=COC(Cc4ccccc4)O3)c12. The third-order valence-corrected chi connectivity index (χ3v) is 4.40. The van der Waals surface area contributed by atoms with E-state index in [1.807, 2.05) is 30.3 Å². The molecule has 1 aromatic heterocycles. The summed E-state index contributed by atoms with van der Waals surface area (Å²) in [6.45, 7) is 0. The molecule has 28 heavy (non-hydrogen) atoms. The molecule has 1 atom stereocenters. The molecule has 2 N–H and O–H groups in total. The van der Waals surface area contributed by atoms with Gasteiger partial charge in [-0.3, -0.25) is 5.10 Å². The average molecular weight is 378 g/mol. The summed E-state index contributed by atoms with van der Waals surface area (Å²) in [5.74, 6) is -0.239. The second-order valence-corrected chi connectivity index (χ2v) is 6.21. The third kappa shape index (κ3) is 3.42. The Bertz CT molecular complexity index is 1070. The molecular formula is C21H18N2O5. The Kier molecular flexibility index (Phi) is 4.72. The summed E-state index contributed by atoms with van der Waals surface area (Å²) < 4.78 is 16.7. The molecule has 1 aliphatic heterocycles. The molecule has 0 saturated carbocycles. The van der Waals surface area contributed by atoms with E-state index in [2.05, 4.69) is 10.2 Å². The third-order valence-electron chi connectivity index (χ3n) is 4.40. The molecular weight excluding hydrogens is 360 g/mol. The number of carboxylic acids is 1. The normalized spacial score (nSPS) is 16.0. The summed E-state index contributed by atoms with van der Waals surface area (Å²) in [6, 6.07) is 13.1. The van der Waals surface area contributed by atoms with E-state index in [0.717, 1.165) is 5.56 Å². The van der Waals surface area contributed by atoms with Gasteiger partial charge in [0.05, 0.1) is 23.7 Å². The van der Waals surface area contributed by atoms with Gasteiger partial charge in [0, 0.05) is 6.42 Å². The molecule has 1 unspecified atom stereocenters. The van der Waals surface area contributed by atoms with Gasteiger partial charge in [-0.05, 0) is 29.8 Å². The minimum Gasteiger partial charge on any atom is -0.495 e. The highest BCUT2D eigenvalue weighted by Gasteiger charge is 2.20. The Morgan fingerprint density at radius 3 is 2.82 bits per heavy atom. The van der Waals surface area contributed by atoms with Gasteiger partial charge in [0.2, 0.25) is 6.29 Å². The lowest BCUT2D eigenvalue weighted by atomic mass is 10.1. The zero-order chi connectivity index (χ0) is 19.5. The summed E-state index contributed by atoms with van der Waals surface area (Å²) in [4.78, 5) is 11.4. The van der Waals surface area contributed by atoms with E-state index in [1.54, 1.807) is 24.5 Å². The molecule has 0 bridgehead atoms. The first-order chi connectivity index (χ1) is 13.7. The summed E-state index contributed by atoms with van der Waals surface area (Å²) in [5, 5.41) is 17.1. The summed E-state index contributed by atoms with van der Waals surface area (Å²) >= 11 is 0. The van der Waals surface area contributed by atoms with Crippen LogP contribution in [0.5, 0.6) is 5.75 Å². The molecule has 2 aromatic carbocycles. The number of aromatic nitrogens is 2. The molecule has 1 aliphatic rings. The molecule has 7 heteroatoms. The zero-order valence-electron chi connectivity index (χ0n) is 15.1. The minimum absolute atomic E-state index is 0.0774. The number of carbonyl (C=O) groups is 1. The Morgan fingerprint density at radius 2 is 2.07 bits per heavy atom. The number of nitrogens with zero attached hydrogens (tertiary/aromatic N) is 1. The number of benzene rings is 2. The van der Waals surface area contributed by atoms with E-state index < -0.39 is 5.97 Å². The number of allylic oxidation sites excluding steroid dienone is 1.